The van der Waals surface area contributed by atoms with Gasteiger partial charge in [-0.15, -0.1) is 0 Å². The summed E-state index contributed by atoms with van der Waals surface area (Å²) in [5.74, 6) is -0.385. The first-order chi connectivity index (χ1) is 18.5. The Morgan fingerprint density at radius 3 is 2.67 bits per heavy atom. The Labute approximate surface area is 223 Å². The maximum atomic E-state index is 13.7. The number of anilines is 1. The molecule has 3 unspecified atom stereocenters. The zero-order chi connectivity index (χ0) is 28.4. The monoisotopic (exact) mass is 560 g/mol. The molecule has 0 amide bonds. The van der Waals surface area contributed by atoms with Gasteiger partial charge in [0.15, 0.2) is 5.82 Å². The minimum atomic E-state index is -4.30. The van der Waals surface area contributed by atoms with Gasteiger partial charge in [0.2, 0.25) is 5.60 Å². The number of carbonyl (C=O) groups excluding carboxylic acids is 1. The van der Waals surface area contributed by atoms with Crippen LogP contribution in [0.2, 0.25) is 0 Å². The van der Waals surface area contributed by atoms with E-state index in [4.69, 9.17) is 24.3 Å². The van der Waals surface area contributed by atoms with Gasteiger partial charge in [-0.1, -0.05) is 18.2 Å². The highest BCUT2D eigenvalue weighted by Gasteiger charge is 2.58. The lowest BCUT2D eigenvalue weighted by atomic mass is 9.92. The van der Waals surface area contributed by atoms with Crippen LogP contribution in [0.4, 0.5) is 5.82 Å². The number of esters is 1. The predicted octanol–water partition coefficient (Wildman–Crippen LogP) is 1.28. The van der Waals surface area contributed by atoms with Crippen LogP contribution in [-0.2, 0) is 29.0 Å². The van der Waals surface area contributed by atoms with Crippen LogP contribution in [-0.4, -0.2) is 67.8 Å². The number of para-hydroxylation sites is 1. The summed E-state index contributed by atoms with van der Waals surface area (Å²) in [7, 11) is -4.30. The summed E-state index contributed by atoms with van der Waals surface area (Å²) in [6.07, 6.45) is -3.96. The summed E-state index contributed by atoms with van der Waals surface area (Å²) in [4.78, 5) is 16.2. The van der Waals surface area contributed by atoms with Gasteiger partial charge in [0.25, 0.3) is 0 Å². The third-order valence-electron chi connectivity index (χ3n) is 5.92. The molecule has 1 fully saturated rings. The van der Waals surface area contributed by atoms with Crippen LogP contribution >= 0.6 is 7.75 Å². The van der Waals surface area contributed by atoms with Gasteiger partial charge in [0.1, 0.15) is 48.0 Å². The van der Waals surface area contributed by atoms with Crippen LogP contribution in [0.1, 0.15) is 26.5 Å². The number of benzene rings is 1. The molecule has 0 aliphatic carbocycles. The Bertz CT molecular complexity index is 1410. The lowest BCUT2D eigenvalue weighted by molar-refractivity contribution is -0.149. The molecule has 0 bridgehead atoms. The molecule has 2 aromatic heterocycles. The maximum absolute atomic E-state index is 13.7. The fourth-order valence-corrected chi connectivity index (χ4v) is 5.56. The van der Waals surface area contributed by atoms with Gasteiger partial charge in [-0.25, -0.2) is 14.1 Å². The summed E-state index contributed by atoms with van der Waals surface area (Å²) in [6, 6.07) is 11.9. The summed E-state index contributed by atoms with van der Waals surface area (Å²) in [5, 5.41) is 38.4. The summed E-state index contributed by atoms with van der Waals surface area (Å²) in [6.45, 7) is 4.17. The molecule has 3 aromatic rings. The van der Waals surface area contributed by atoms with Crippen molar-refractivity contribution in [1.29, 1.82) is 5.26 Å². The number of nitrogens with zero attached hydrogens (tertiary/aromatic N) is 4. The van der Waals surface area contributed by atoms with E-state index in [1.54, 1.807) is 38.1 Å². The van der Waals surface area contributed by atoms with Gasteiger partial charge < -0.3 is 29.9 Å². The Morgan fingerprint density at radius 2 is 2.00 bits per heavy atom. The quantitative estimate of drug-likeness (QED) is 0.204. The van der Waals surface area contributed by atoms with E-state index in [1.165, 1.54) is 36.0 Å². The van der Waals surface area contributed by atoms with Crippen molar-refractivity contribution in [3.63, 3.8) is 0 Å². The van der Waals surface area contributed by atoms with Crippen molar-refractivity contribution in [1.82, 2.24) is 19.7 Å². The first kappa shape index (κ1) is 28.4. The molecule has 1 aromatic carbocycles. The summed E-state index contributed by atoms with van der Waals surface area (Å²) < 4.78 is 37.2. The lowest BCUT2D eigenvalue weighted by Gasteiger charge is -2.25. The number of hydrogen-bond donors (Lipinski definition) is 4. The minimum absolute atomic E-state index is 0.0926. The van der Waals surface area contributed by atoms with Gasteiger partial charge in [-0.05, 0) is 45.0 Å². The number of rotatable bonds is 10. The molecule has 0 saturated carbocycles. The molecule has 1 saturated heterocycles. The van der Waals surface area contributed by atoms with Crippen LogP contribution in [0.5, 0.6) is 5.75 Å². The molecule has 5 N–H and O–H groups in total. The SMILES string of the molecule is CC(C)OC(=O)C(C)NP(=O)(OC[C@H]1OC(C#N)(c2ccc3c(N)ncnn23)[C@H](O)[C@@H]1O)Oc1ccccc1. The van der Waals surface area contributed by atoms with E-state index in [2.05, 4.69) is 15.2 Å². The number of hydrogen-bond acceptors (Lipinski definition) is 12. The zero-order valence-electron chi connectivity index (χ0n) is 21.4. The van der Waals surface area contributed by atoms with Crippen molar-refractivity contribution in [3.05, 3.63) is 54.5 Å². The van der Waals surface area contributed by atoms with Gasteiger partial charge >= 0.3 is 13.7 Å². The highest BCUT2D eigenvalue weighted by molar-refractivity contribution is 7.52. The fraction of sp³-hybridized carbons (Fsp3) is 0.417. The maximum Gasteiger partial charge on any atom is 0.459 e. The number of nitrogens with one attached hydrogen (secondary N) is 1. The Morgan fingerprint density at radius 1 is 1.28 bits per heavy atom. The molecular formula is C24H29N6O8P. The summed E-state index contributed by atoms with van der Waals surface area (Å²) in [5.41, 5.74) is 4.25. The van der Waals surface area contributed by atoms with Crippen molar-refractivity contribution in [3.8, 4) is 11.8 Å². The average Bonchev–Trinajstić information content (AvgIpc) is 3.44. The first-order valence-electron chi connectivity index (χ1n) is 12.0. The van der Waals surface area contributed by atoms with Crippen LogP contribution < -0.4 is 15.3 Å². The molecule has 39 heavy (non-hydrogen) atoms. The molecule has 1 aliphatic rings. The first-order valence-corrected chi connectivity index (χ1v) is 13.6. The predicted molar refractivity (Wildman–Crippen MR) is 136 cm³/mol. The number of aliphatic hydroxyl groups excluding tert-OH is 2. The van der Waals surface area contributed by atoms with Gasteiger partial charge in [0, 0.05) is 0 Å². The topological polar surface area (TPSA) is 204 Å². The van der Waals surface area contributed by atoms with E-state index in [1.807, 2.05) is 6.07 Å². The zero-order valence-corrected chi connectivity index (χ0v) is 22.3. The van der Waals surface area contributed by atoms with Crippen molar-refractivity contribution in [2.75, 3.05) is 12.3 Å². The molecule has 208 valence electrons. The Kier molecular flexibility index (Phi) is 8.22. The highest BCUT2D eigenvalue weighted by Crippen LogP contribution is 2.47. The number of carbonyl (C=O) groups is 1. The van der Waals surface area contributed by atoms with E-state index in [9.17, 15) is 24.8 Å². The van der Waals surface area contributed by atoms with E-state index >= 15 is 0 Å². The molecule has 0 spiro atoms. The number of fused-ring (bicyclic) bond motifs is 1. The molecule has 0 radical (unpaired) electrons. The molecule has 3 heterocycles. The van der Waals surface area contributed by atoms with Crippen molar-refractivity contribution in [2.45, 2.75) is 56.8 Å². The van der Waals surface area contributed by atoms with Gasteiger partial charge in [-0.2, -0.15) is 15.4 Å². The molecule has 1 aliphatic heterocycles. The third kappa shape index (κ3) is 5.74. The highest BCUT2D eigenvalue weighted by atomic mass is 31.2. The average molecular weight is 561 g/mol. The summed E-state index contributed by atoms with van der Waals surface area (Å²) >= 11 is 0. The number of nitrogens with two attached hydrogens (primary N) is 1. The largest absolute Gasteiger partial charge is 0.462 e. The van der Waals surface area contributed by atoms with Crippen LogP contribution in [0.15, 0.2) is 48.8 Å². The standard InChI is InChI=1S/C24H29N6O8P/c1-14(2)36-23(33)15(3)29-39(34,38-16-7-5-4-6-8-16)35-11-18-20(31)21(32)24(12-25,37-18)19-10-9-17-22(26)27-13-28-30(17)19/h4-10,13-15,18,20-21,31-32H,11H2,1-3H3,(H,29,34)(H2,26,27,28)/t15?,18-,20-,21-,24?,39?/m1/s1. The molecule has 15 heteroatoms. The number of aromatic nitrogens is 3. The molecule has 6 atom stereocenters. The van der Waals surface area contributed by atoms with E-state index in [-0.39, 0.29) is 17.3 Å². The lowest BCUT2D eigenvalue weighted by Crippen LogP contribution is -2.41. The smallest absolute Gasteiger partial charge is 0.459 e. The van der Waals surface area contributed by atoms with Gasteiger partial charge in [-0.3, -0.25) is 9.32 Å². The molecule has 14 nitrogen and oxygen atoms in total. The normalized spacial score (nSPS) is 25.2. The van der Waals surface area contributed by atoms with Crippen LogP contribution in [0, 0.1) is 11.3 Å². The van der Waals surface area contributed by atoms with Gasteiger partial charge in [0.05, 0.1) is 18.4 Å². The number of aliphatic hydroxyl groups is 2. The third-order valence-corrected chi connectivity index (χ3v) is 7.57. The second-order valence-electron chi connectivity index (χ2n) is 9.13. The van der Waals surface area contributed by atoms with Crippen molar-refractivity contribution < 1.29 is 38.1 Å². The second-order valence-corrected chi connectivity index (χ2v) is 10.8. The number of ether oxygens (including phenoxy) is 2. The number of nitrogen functional groups attached to an aromatic ring is 1. The molecular weight excluding hydrogens is 531 g/mol. The van der Waals surface area contributed by atoms with Crippen LogP contribution in [0.3, 0.4) is 0 Å². The Balaban J connectivity index is 1.58. The number of nitriles is 1. The van der Waals surface area contributed by atoms with Crippen molar-refractivity contribution in [2.24, 2.45) is 0 Å². The van der Waals surface area contributed by atoms with E-state index < -0.39 is 56.4 Å². The Hall–Kier alpha value is -3.57. The minimum Gasteiger partial charge on any atom is -0.462 e. The molecule has 4 rings (SSSR count). The fourth-order valence-electron chi connectivity index (χ4n) is 4.06. The second kappa shape index (κ2) is 11.3. The van der Waals surface area contributed by atoms with Crippen molar-refractivity contribution >= 4 is 25.1 Å². The van der Waals surface area contributed by atoms with E-state index in [0.29, 0.717) is 5.52 Å². The van der Waals surface area contributed by atoms with E-state index in [0.717, 1.165) is 0 Å². The van der Waals surface area contributed by atoms with Crippen LogP contribution in [0.25, 0.3) is 5.52 Å².